The molecule has 0 unspecified atom stereocenters. The van der Waals surface area contributed by atoms with Crippen molar-refractivity contribution in [2.75, 3.05) is 0 Å². The Morgan fingerprint density at radius 1 is 1.25 bits per heavy atom. The number of hydrogen-bond acceptors (Lipinski definition) is 4. The summed E-state index contributed by atoms with van der Waals surface area (Å²) >= 11 is 7.44. The lowest BCUT2D eigenvalue weighted by Gasteiger charge is -2.05. The van der Waals surface area contributed by atoms with E-state index in [4.69, 9.17) is 16.9 Å². The molecule has 0 saturated heterocycles. The molecule has 1 aromatic carbocycles. The molecule has 0 aliphatic rings. The molecule has 4 nitrogen and oxygen atoms in total. The van der Waals surface area contributed by atoms with Crippen molar-refractivity contribution in [1.29, 1.82) is 5.26 Å². The van der Waals surface area contributed by atoms with Crippen LogP contribution in [0.5, 0.6) is 0 Å². The van der Waals surface area contributed by atoms with Crippen LogP contribution in [0, 0.1) is 11.3 Å². The maximum absolute atomic E-state index is 9.15. The summed E-state index contributed by atoms with van der Waals surface area (Å²) in [6.07, 6.45) is 0. The molecule has 3 aromatic rings. The van der Waals surface area contributed by atoms with Crippen molar-refractivity contribution >= 4 is 22.9 Å². The highest BCUT2D eigenvalue weighted by Crippen LogP contribution is 2.27. The number of thiophene rings is 1. The smallest absolute Gasteiger partial charge is 0.191 e. The van der Waals surface area contributed by atoms with Crippen LogP contribution < -0.4 is 0 Å². The Morgan fingerprint density at radius 3 is 2.70 bits per heavy atom. The topological polar surface area (TPSA) is 54.5 Å². The summed E-state index contributed by atoms with van der Waals surface area (Å²) < 4.78 is 1.74. The summed E-state index contributed by atoms with van der Waals surface area (Å²) in [5.74, 6) is 0. The number of nitriles is 1. The maximum atomic E-state index is 9.15. The van der Waals surface area contributed by atoms with E-state index >= 15 is 0 Å². The molecule has 0 aliphatic carbocycles. The quantitative estimate of drug-likeness (QED) is 0.743. The fraction of sp³-hybridized carbons (Fsp3) is 0.0714. The van der Waals surface area contributed by atoms with Crippen molar-refractivity contribution in [2.24, 2.45) is 0 Å². The third-order valence-electron chi connectivity index (χ3n) is 2.84. The highest BCUT2D eigenvalue weighted by atomic mass is 35.5. The van der Waals surface area contributed by atoms with Crippen LogP contribution >= 0.6 is 22.9 Å². The molecule has 0 atom stereocenters. The number of halogens is 1. The molecule has 2 aromatic heterocycles. The third-order valence-corrected chi connectivity index (χ3v) is 3.97. The largest absolute Gasteiger partial charge is 0.238 e. The molecule has 0 spiro atoms. The second-order valence-electron chi connectivity index (χ2n) is 4.16. The predicted molar refractivity (Wildman–Crippen MR) is 78.6 cm³/mol. The first-order valence-electron chi connectivity index (χ1n) is 5.90. The highest BCUT2D eigenvalue weighted by molar-refractivity contribution is 7.13. The van der Waals surface area contributed by atoms with Gasteiger partial charge in [-0.1, -0.05) is 35.0 Å². The highest BCUT2D eigenvalue weighted by Gasteiger charge is 2.15. The van der Waals surface area contributed by atoms with E-state index in [9.17, 15) is 0 Å². The van der Waals surface area contributed by atoms with Gasteiger partial charge in [0.25, 0.3) is 0 Å². The molecule has 0 radical (unpaired) electrons. The Bertz CT molecular complexity index is 754. The molecule has 0 aliphatic heterocycles. The van der Waals surface area contributed by atoms with Crippen LogP contribution in [-0.2, 0) is 6.54 Å². The lowest BCUT2D eigenvalue weighted by atomic mass is 10.2. The van der Waals surface area contributed by atoms with E-state index in [1.807, 2.05) is 41.8 Å². The molecule has 2 heterocycles. The Labute approximate surface area is 124 Å². The fourth-order valence-electron chi connectivity index (χ4n) is 1.92. The molecule has 0 saturated carbocycles. The van der Waals surface area contributed by atoms with Crippen molar-refractivity contribution in [3.8, 4) is 16.6 Å². The first-order chi connectivity index (χ1) is 9.78. The molecule has 0 amide bonds. The third kappa shape index (κ3) is 2.44. The van der Waals surface area contributed by atoms with Gasteiger partial charge < -0.3 is 0 Å². The standard InChI is InChI=1S/C14H9ClN4S/c15-11-5-3-10(4-6-11)9-19-14(12(8-16)17-18-19)13-2-1-7-20-13/h1-7H,9H2. The maximum Gasteiger partial charge on any atom is 0.191 e. The fourth-order valence-corrected chi connectivity index (χ4v) is 2.82. The van der Waals surface area contributed by atoms with Crippen LogP contribution in [0.15, 0.2) is 41.8 Å². The Morgan fingerprint density at radius 2 is 2.05 bits per heavy atom. The van der Waals surface area contributed by atoms with Gasteiger partial charge in [-0.3, -0.25) is 0 Å². The second-order valence-corrected chi connectivity index (χ2v) is 5.54. The van der Waals surface area contributed by atoms with E-state index in [-0.39, 0.29) is 0 Å². The van der Waals surface area contributed by atoms with Gasteiger partial charge >= 0.3 is 0 Å². The zero-order valence-electron chi connectivity index (χ0n) is 10.3. The average molecular weight is 301 g/mol. The molecule has 98 valence electrons. The van der Waals surface area contributed by atoms with Crippen molar-refractivity contribution in [3.63, 3.8) is 0 Å². The van der Waals surface area contributed by atoms with E-state index in [1.54, 1.807) is 16.0 Å². The lowest BCUT2D eigenvalue weighted by molar-refractivity contribution is 0.656. The van der Waals surface area contributed by atoms with Crippen molar-refractivity contribution in [1.82, 2.24) is 15.0 Å². The van der Waals surface area contributed by atoms with Gasteiger partial charge in [-0.15, -0.1) is 16.4 Å². The molecule has 3 rings (SSSR count). The summed E-state index contributed by atoms with van der Waals surface area (Å²) in [5.41, 5.74) is 2.17. The summed E-state index contributed by atoms with van der Waals surface area (Å²) in [5, 5.41) is 19.8. The Balaban J connectivity index is 2.00. The van der Waals surface area contributed by atoms with E-state index in [2.05, 4.69) is 16.4 Å². The minimum absolute atomic E-state index is 0.349. The zero-order chi connectivity index (χ0) is 13.9. The van der Waals surface area contributed by atoms with Crippen molar-refractivity contribution in [3.05, 3.63) is 58.1 Å². The summed E-state index contributed by atoms with van der Waals surface area (Å²) in [4.78, 5) is 0.987. The monoisotopic (exact) mass is 300 g/mol. The molecule has 20 heavy (non-hydrogen) atoms. The van der Waals surface area contributed by atoms with Crippen LogP contribution in [0.1, 0.15) is 11.3 Å². The number of aromatic nitrogens is 3. The van der Waals surface area contributed by atoms with Crippen LogP contribution in [-0.4, -0.2) is 15.0 Å². The number of rotatable bonds is 3. The molecular weight excluding hydrogens is 292 g/mol. The van der Waals surface area contributed by atoms with Gasteiger partial charge in [0.2, 0.25) is 0 Å². The molecule has 0 bridgehead atoms. The van der Waals surface area contributed by atoms with E-state index in [0.717, 1.165) is 16.1 Å². The van der Waals surface area contributed by atoms with Gasteiger partial charge in [0.05, 0.1) is 11.4 Å². The van der Waals surface area contributed by atoms with Crippen molar-refractivity contribution in [2.45, 2.75) is 6.54 Å². The number of nitrogens with zero attached hydrogens (tertiary/aromatic N) is 4. The van der Waals surface area contributed by atoms with E-state index in [0.29, 0.717) is 17.3 Å². The predicted octanol–water partition coefficient (Wildman–Crippen LogP) is 3.58. The SMILES string of the molecule is N#Cc1nnn(Cc2ccc(Cl)cc2)c1-c1cccs1. The Kier molecular flexibility index (Phi) is 3.50. The first-order valence-corrected chi connectivity index (χ1v) is 7.15. The molecular formula is C14H9ClN4S. The zero-order valence-corrected chi connectivity index (χ0v) is 11.9. The van der Waals surface area contributed by atoms with Crippen LogP contribution in [0.4, 0.5) is 0 Å². The van der Waals surface area contributed by atoms with Gasteiger partial charge in [-0.2, -0.15) is 5.26 Å². The van der Waals surface area contributed by atoms with Gasteiger partial charge in [-0.25, -0.2) is 4.68 Å². The second kappa shape index (κ2) is 5.45. The molecule has 0 fully saturated rings. The summed E-state index contributed by atoms with van der Waals surface area (Å²) in [6, 6.07) is 13.5. The van der Waals surface area contributed by atoms with E-state index in [1.165, 1.54) is 0 Å². The van der Waals surface area contributed by atoms with Crippen LogP contribution in [0.25, 0.3) is 10.6 Å². The first kappa shape index (κ1) is 12.9. The number of benzene rings is 1. The van der Waals surface area contributed by atoms with Crippen LogP contribution in [0.3, 0.4) is 0 Å². The van der Waals surface area contributed by atoms with Gasteiger partial charge in [-0.05, 0) is 29.1 Å². The normalized spacial score (nSPS) is 10.4. The molecule has 0 N–H and O–H groups in total. The summed E-state index contributed by atoms with van der Waals surface area (Å²) in [7, 11) is 0. The van der Waals surface area contributed by atoms with E-state index < -0.39 is 0 Å². The Hall–Kier alpha value is -2.16. The lowest BCUT2D eigenvalue weighted by Crippen LogP contribution is -2.03. The molecule has 6 heteroatoms. The summed E-state index contributed by atoms with van der Waals surface area (Å²) in [6.45, 7) is 0.555. The van der Waals surface area contributed by atoms with Crippen LogP contribution in [0.2, 0.25) is 5.02 Å². The van der Waals surface area contributed by atoms with Gasteiger partial charge in [0, 0.05) is 5.02 Å². The van der Waals surface area contributed by atoms with Crippen molar-refractivity contribution < 1.29 is 0 Å². The minimum Gasteiger partial charge on any atom is -0.238 e. The van der Waals surface area contributed by atoms with Gasteiger partial charge in [0.1, 0.15) is 11.8 Å². The number of hydrogen-bond donors (Lipinski definition) is 0. The van der Waals surface area contributed by atoms with Gasteiger partial charge in [0.15, 0.2) is 5.69 Å². The average Bonchev–Trinajstić information content (AvgIpc) is 3.10. The minimum atomic E-state index is 0.349.